The summed E-state index contributed by atoms with van der Waals surface area (Å²) in [5.41, 5.74) is 0. The number of carbonyl (C=O) groups is 1. The number of anilines is 1. The lowest BCUT2D eigenvalue weighted by molar-refractivity contribution is -0.113. The maximum atomic E-state index is 12.1. The third-order valence-corrected chi connectivity index (χ3v) is 6.43. The van der Waals surface area contributed by atoms with Gasteiger partial charge in [-0.25, -0.2) is 0 Å². The molecule has 0 unspecified atom stereocenters. The molecule has 7 nitrogen and oxygen atoms in total. The number of rotatable bonds is 9. The van der Waals surface area contributed by atoms with Crippen molar-refractivity contribution in [2.24, 2.45) is 5.92 Å². The lowest BCUT2D eigenvalue weighted by Crippen LogP contribution is -2.15. The van der Waals surface area contributed by atoms with E-state index in [1.54, 1.807) is 0 Å². The summed E-state index contributed by atoms with van der Waals surface area (Å²) in [6.45, 7) is 6.36. The number of allylic oxidation sites excluding steroid dienone is 1. The minimum atomic E-state index is -0.118. The van der Waals surface area contributed by atoms with Gasteiger partial charge < -0.3 is 4.57 Å². The Bertz CT molecular complexity index is 766. The molecule has 0 spiro atoms. The van der Waals surface area contributed by atoms with E-state index < -0.39 is 0 Å². The van der Waals surface area contributed by atoms with Crippen LogP contribution in [0.2, 0.25) is 0 Å². The lowest BCUT2D eigenvalue weighted by Gasteiger charge is -2.21. The van der Waals surface area contributed by atoms with Crippen molar-refractivity contribution in [1.29, 1.82) is 0 Å². The highest BCUT2D eigenvalue weighted by Crippen LogP contribution is 2.28. The molecule has 2 heterocycles. The fourth-order valence-electron chi connectivity index (χ4n) is 3.36. The molecule has 27 heavy (non-hydrogen) atoms. The van der Waals surface area contributed by atoms with E-state index in [1.165, 1.54) is 55.2 Å². The molecule has 9 heteroatoms. The summed E-state index contributed by atoms with van der Waals surface area (Å²) in [6, 6.07) is 0. The zero-order chi connectivity index (χ0) is 19.1. The van der Waals surface area contributed by atoms with E-state index in [0.29, 0.717) is 11.7 Å². The predicted molar refractivity (Wildman–Crippen MR) is 109 cm³/mol. The van der Waals surface area contributed by atoms with Crippen LogP contribution in [0.1, 0.15) is 49.4 Å². The van der Waals surface area contributed by atoms with Gasteiger partial charge in [0.2, 0.25) is 11.0 Å². The average Bonchev–Trinajstić information content (AvgIpc) is 3.25. The van der Waals surface area contributed by atoms with Gasteiger partial charge in [0.25, 0.3) is 0 Å². The summed E-state index contributed by atoms with van der Waals surface area (Å²) in [5, 5.41) is 21.4. The normalized spacial score (nSPS) is 15.0. The number of hydrogen-bond donors (Lipinski definition) is 1. The Balaban J connectivity index is 1.55. The summed E-state index contributed by atoms with van der Waals surface area (Å²) in [7, 11) is 0. The van der Waals surface area contributed by atoms with Gasteiger partial charge in [0.15, 0.2) is 5.16 Å². The zero-order valence-corrected chi connectivity index (χ0v) is 17.3. The summed E-state index contributed by atoms with van der Waals surface area (Å²) in [5.74, 6) is 1.94. The van der Waals surface area contributed by atoms with Crippen LogP contribution in [0.4, 0.5) is 5.13 Å². The number of aryl methyl sites for hydroxylation is 2. The van der Waals surface area contributed by atoms with Gasteiger partial charge in [0.1, 0.15) is 10.8 Å². The van der Waals surface area contributed by atoms with Crippen LogP contribution in [0.3, 0.4) is 0 Å². The summed E-state index contributed by atoms with van der Waals surface area (Å²) >= 11 is 2.75. The molecule has 0 atom stereocenters. The molecule has 0 bridgehead atoms. The van der Waals surface area contributed by atoms with E-state index in [0.717, 1.165) is 34.7 Å². The number of amides is 1. The maximum Gasteiger partial charge on any atom is 0.236 e. The topological polar surface area (TPSA) is 85.6 Å². The molecular weight excluding hydrogens is 380 g/mol. The third-order valence-electron chi connectivity index (χ3n) is 4.71. The number of aromatic nitrogens is 5. The number of nitrogens with one attached hydrogen (secondary N) is 1. The first-order valence-corrected chi connectivity index (χ1v) is 11.2. The highest BCUT2D eigenvalue weighted by Gasteiger charge is 2.17. The van der Waals surface area contributed by atoms with Gasteiger partial charge >= 0.3 is 0 Å². The van der Waals surface area contributed by atoms with Crippen molar-refractivity contribution in [3.05, 3.63) is 23.5 Å². The first-order valence-electron chi connectivity index (χ1n) is 9.41. The van der Waals surface area contributed by atoms with Crippen LogP contribution in [0.5, 0.6) is 0 Å². The van der Waals surface area contributed by atoms with Crippen molar-refractivity contribution in [1.82, 2.24) is 25.0 Å². The number of carbonyl (C=O) groups excluding carboxylic acids is 1. The van der Waals surface area contributed by atoms with Gasteiger partial charge in [-0.05, 0) is 19.3 Å². The fraction of sp³-hybridized carbons (Fsp3) is 0.611. The molecule has 0 aliphatic heterocycles. The van der Waals surface area contributed by atoms with Gasteiger partial charge in [-0.1, -0.05) is 61.3 Å². The Labute approximate surface area is 168 Å². The monoisotopic (exact) mass is 406 g/mol. The standard InChI is InChI=1S/C18H26N6OS2/c1-3-11-24-15(10-9-14-7-5-4-6-8-14)21-23-18(24)26-12-16(25)19-17-22-20-13(2)27-17/h3,14H,1,4-12H2,2H3,(H,19,22,25). The minimum absolute atomic E-state index is 0.118. The molecular formula is C18H26N6OS2. The molecule has 1 amide bonds. The van der Waals surface area contributed by atoms with E-state index >= 15 is 0 Å². The Hall–Kier alpha value is -1.74. The quantitative estimate of drug-likeness (QED) is 0.503. The highest BCUT2D eigenvalue weighted by atomic mass is 32.2. The Morgan fingerprint density at radius 2 is 2.11 bits per heavy atom. The molecule has 1 fully saturated rings. The summed E-state index contributed by atoms with van der Waals surface area (Å²) < 4.78 is 2.07. The first-order chi connectivity index (χ1) is 13.2. The summed E-state index contributed by atoms with van der Waals surface area (Å²) in [6.07, 6.45) is 10.7. The molecule has 146 valence electrons. The Kier molecular flexibility index (Phi) is 7.40. The number of thioether (sulfide) groups is 1. The molecule has 0 radical (unpaired) electrons. The van der Waals surface area contributed by atoms with E-state index in [4.69, 9.17) is 0 Å². The van der Waals surface area contributed by atoms with Crippen LogP contribution in [0.15, 0.2) is 17.8 Å². The van der Waals surface area contributed by atoms with Crippen molar-refractivity contribution in [3.63, 3.8) is 0 Å². The number of hydrogen-bond acceptors (Lipinski definition) is 7. The number of nitrogens with zero attached hydrogens (tertiary/aromatic N) is 5. The van der Waals surface area contributed by atoms with Crippen LogP contribution in [-0.2, 0) is 17.8 Å². The van der Waals surface area contributed by atoms with Crippen molar-refractivity contribution >= 4 is 34.1 Å². The van der Waals surface area contributed by atoms with Crippen LogP contribution < -0.4 is 5.32 Å². The lowest BCUT2D eigenvalue weighted by atomic mass is 9.86. The average molecular weight is 407 g/mol. The predicted octanol–water partition coefficient (Wildman–Crippen LogP) is 3.87. The van der Waals surface area contributed by atoms with Gasteiger partial charge in [-0.3, -0.25) is 10.1 Å². The molecule has 1 saturated carbocycles. The highest BCUT2D eigenvalue weighted by molar-refractivity contribution is 7.99. The van der Waals surface area contributed by atoms with Gasteiger partial charge in [0, 0.05) is 13.0 Å². The van der Waals surface area contributed by atoms with Crippen LogP contribution >= 0.6 is 23.1 Å². The van der Waals surface area contributed by atoms with Crippen molar-refractivity contribution in [3.8, 4) is 0 Å². The second-order valence-electron chi connectivity index (χ2n) is 6.80. The second kappa shape index (κ2) is 9.98. The molecule has 0 saturated heterocycles. The van der Waals surface area contributed by atoms with E-state index in [9.17, 15) is 4.79 Å². The molecule has 3 rings (SSSR count). The first kappa shape index (κ1) is 20.0. The fourth-order valence-corrected chi connectivity index (χ4v) is 4.74. The van der Waals surface area contributed by atoms with Gasteiger partial charge in [0.05, 0.1) is 5.75 Å². The smallest absolute Gasteiger partial charge is 0.236 e. The Morgan fingerprint density at radius 1 is 1.30 bits per heavy atom. The molecule has 1 aliphatic rings. The molecule has 1 N–H and O–H groups in total. The van der Waals surface area contributed by atoms with Crippen LogP contribution in [0, 0.1) is 12.8 Å². The molecule has 2 aromatic heterocycles. The van der Waals surface area contributed by atoms with Crippen molar-refractivity contribution < 1.29 is 4.79 Å². The zero-order valence-electron chi connectivity index (χ0n) is 15.7. The van der Waals surface area contributed by atoms with Crippen LogP contribution in [0.25, 0.3) is 0 Å². The Morgan fingerprint density at radius 3 is 2.81 bits per heavy atom. The minimum Gasteiger partial charge on any atom is -0.302 e. The van der Waals surface area contributed by atoms with Crippen LogP contribution in [-0.4, -0.2) is 36.6 Å². The van der Waals surface area contributed by atoms with Crippen molar-refractivity contribution in [2.75, 3.05) is 11.1 Å². The van der Waals surface area contributed by atoms with Gasteiger partial charge in [-0.15, -0.1) is 27.0 Å². The SMILES string of the molecule is C=CCn1c(CCC2CCCCC2)nnc1SCC(=O)Nc1nnc(C)s1. The summed E-state index contributed by atoms with van der Waals surface area (Å²) in [4.78, 5) is 12.1. The van der Waals surface area contributed by atoms with E-state index in [-0.39, 0.29) is 11.7 Å². The molecule has 2 aromatic rings. The van der Waals surface area contributed by atoms with Gasteiger partial charge in [-0.2, -0.15) is 0 Å². The molecule has 1 aliphatic carbocycles. The van der Waals surface area contributed by atoms with E-state index in [1.807, 2.05) is 13.0 Å². The maximum absolute atomic E-state index is 12.1. The van der Waals surface area contributed by atoms with Crippen molar-refractivity contribution in [2.45, 2.75) is 63.6 Å². The second-order valence-corrected chi connectivity index (χ2v) is 8.93. The van der Waals surface area contributed by atoms with E-state index in [2.05, 4.69) is 36.9 Å². The molecule has 0 aromatic carbocycles. The largest absolute Gasteiger partial charge is 0.302 e. The third kappa shape index (κ3) is 5.87.